The average Bonchev–Trinajstić information content (AvgIpc) is 3.34. The Morgan fingerprint density at radius 3 is 2.23 bits per heavy atom. The third-order valence-electron chi connectivity index (χ3n) is 6.00. The highest BCUT2D eigenvalue weighted by Crippen LogP contribution is 2.44. The molecule has 0 saturated heterocycles. The molecule has 0 radical (unpaired) electrons. The highest BCUT2D eigenvalue weighted by Gasteiger charge is 2.29. The first-order valence-electron chi connectivity index (χ1n) is 11.4. The molecule has 0 spiro atoms. The minimum atomic E-state index is -1.11. The van der Waals surface area contributed by atoms with E-state index in [9.17, 15) is 19.5 Å². The maximum atomic E-state index is 12.6. The molecule has 4 rings (SSSR count). The summed E-state index contributed by atoms with van der Waals surface area (Å²) >= 11 is 0. The van der Waals surface area contributed by atoms with Gasteiger partial charge in [-0.15, -0.1) is 0 Å². The molecule has 1 heterocycles. The zero-order chi connectivity index (χ0) is 25.1. The fraction of sp³-hybridized carbons (Fsp3) is 0.308. The molecule has 3 aromatic rings. The van der Waals surface area contributed by atoms with Crippen molar-refractivity contribution in [2.24, 2.45) is 13.0 Å². The van der Waals surface area contributed by atoms with Gasteiger partial charge < -0.3 is 15.2 Å². The van der Waals surface area contributed by atoms with Crippen LogP contribution in [0.25, 0.3) is 11.1 Å². The predicted octanol–water partition coefficient (Wildman–Crippen LogP) is 4.01. The zero-order valence-corrected chi connectivity index (χ0v) is 19.8. The van der Waals surface area contributed by atoms with Gasteiger partial charge in [0.05, 0.1) is 0 Å². The summed E-state index contributed by atoms with van der Waals surface area (Å²) in [6.07, 6.45) is -0.399. The molecule has 0 unspecified atom stereocenters. The highest BCUT2D eigenvalue weighted by atomic mass is 16.5. The van der Waals surface area contributed by atoms with E-state index in [2.05, 4.69) is 27.9 Å². The van der Waals surface area contributed by atoms with Gasteiger partial charge in [-0.05, 0) is 34.6 Å². The number of carbonyl (C=O) groups excluding carboxylic acids is 2. The number of aliphatic carboxylic acids is 1. The van der Waals surface area contributed by atoms with E-state index in [1.165, 1.54) is 17.8 Å². The number of nitrogens with zero attached hydrogens (tertiary/aromatic N) is 2. The summed E-state index contributed by atoms with van der Waals surface area (Å²) in [5.41, 5.74) is 4.60. The smallest absolute Gasteiger partial charge is 0.412 e. The molecule has 1 aliphatic carbocycles. The number of fused-ring (bicyclic) bond motifs is 3. The number of carbonyl (C=O) groups is 3. The number of nitrogens with one attached hydrogen (secondary N) is 2. The van der Waals surface area contributed by atoms with Crippen LogP contribution < -0.4 is 10.6 Å². The number of aromatic nitrogens is 2. The number of aryl methyl sites for hydroxylation is 1. The predicted molar refractivity (Wildman–Crippen MR) is 130 cm³/mol. The van der Waals surface area contributed by atoms with Crippen molar-refractivity contribution in [3.8, 4) is 11.1 Å². The van der Waals surface area contributed by atoms with Gasteiger partial charge in [0.1, 0.15) is 18.3 Å². The Hall–Kier alpha value is -4.14. The van der Waals surface area contributed by atoms with E-state index < -0.39 is 24.0 Å². The Balaban J connectivity index is 1.40. The lowest BCUT2D eigenvalue weighted by molar-refractivity contribution is -0.139. The number of hydrogen-bond donors (Lipinski definition) is 3. The SMILES string of the molecule is CC(C)C[C@@H](NC(=O)c1cc(NC(=O)OCC2c3ccccc3-c3ccccc32)nn1C)C(=O)O. The molecule has 2 aromatic carbocycles. The number of anilines is 1. The first-order valence-corrected chi connectivity index (χ1v) is 11.4. The van der Waals surface area contributed by atoms with Gasteiger partial charge in [-0.2, -0.15) is 5.10 Å². The van der Waals surface area contributed by atoms with Crippen LogP contribution in [-0.4, -0.2) is 45.5 Å². The van der Waals surface area contributed by atoms with E-state index >= 15 is 0 Å². The van der Waals surface area contributed by atoms with Gasteiger partial charge >= 0.3 is 12.1 Å². The molecule has 0 aliphatic heterocycles. The monoisotopic (exact) mass is 476 g/mol. The van der Waals surface area contributed by atoms with Gasteiger partial charge in [0, 0.05) is 19.0 Å². The van der Waals surface area contributed by atoms with Crippen molar-refractivity contribution in [3.63, 3.8) is 0 Å². The van der Waals surface area contributed by atoms with Crippen molar-refractivity contribution in [3.05, 3.63) is 71.4 Å². The number of hydrogen-bond acceptors (Lipinski definition) is 5. The number of carboxylic acids is 1. The van der Waals surface area contributed by atoms with Gasteiger partial charge in [0.25, 0.3) is 5.91 Å². The minimum Gasteiger partial charge on any atom is -0.480 e. The maximum absolute atomic E-state index is 12.6. The van der Waals surface area contributed by atoms with Crippen LogP contribution in [0.1, 0.15) is 47.8 Å². The van der Waals surface area contributed by atoms with Crippen molar-refractivity contribution < 1.29 is 24.2 Å². The molecule has 3 N–H and O–H groups in total. The number of amides is 2. The summed E-state index contributed by atoms with van der Waals surface area (Å²) in [5.74, 6) is -1.55. The minimum absolute atomic E-state index is 0.0767. The Morgan fingerprint density at radius 1 is 1.06 bits per heavy atom. The lowest BCUT2D eigenvalue weighted by atomic mass is 9.98. The van der Waals surface area contributed by atoms with E-state index in [4.69, 9.17) is 4.74 Å². The molecule has 35 heavy (non-hydrogen) atoms. The summed E-state index contributed by atoms with van der Waals surface area (Å²) < 4.78 is 6.80. The molecule has 9 heteroatoms. The fourth-order valence-electron chi connectivity index (χ4n) is 4.40. The number of carboxylic acid groups (broad SMARTS) is 1. The summed E-state index contributed by atoms with van der Waals surface area (Å²) in [5, 5.41) is 18.6. The van der Waals surface area contributed by atoms with Gasteiger partial charge in [-0.25, -0.2) is 9.59 Å². The van der Waals surface area contributed by atoms with Crippen LogP contribution in [0.3, 0.4) is 0 Å². The molecule has 9 nitrogen and oxygen atoms in total. The maximum Gasteiger partial charge on any atom is 0.412 e. The molecule has 1 aromatic heterocycles. The van der Waals surface area contributed by atoms with Crippen molar-refractivity contribution in [1.82, 2.24) is 15.1 Å². The molecule has 2 amide bonds. The van der Waals surface area contributed by atoms with Crippen molar-refractivity contribution in [2.75, 3.05) is 11.9 Å². The van der Waals surface area contributed by atoms with Crippen molar-refractivity contribution in [1.29, 1.82) is 0 Å². The van der Waals surface area contributed by atoms with E-state index in [1.807, 2.05) is 50.2 Å². The quantitative estimate of drug-likeness (QED) is 0.452. The van der Waals surface area contributed by atoms with Crippen LogP contribution in [0, 0.1) is 5.92 Å². The molecule has 182 valence electrons. The van der Waals surface area contributed by atoms with Gasteiger partial charge in [-0.3, -0.25) is 14.8 Å². The van der Waals surface area contributed by atoms with Crippen LogP contribution >= 0.6 is 0 Å². The third kappa shape index (κ3) is 5.18. The second-order valence-corrected chi connectivity index (χ2v) is 8.98. The van der Waals surface area contributed by atoms with Crippen LogP contribution in [0.5, 0.6) is 0 Å². The number of benzene rings is 2. The zero-order valence-electron chi connectivity index (χ0n) is 19.8. The Kier molecular flexibility index (Phi) is 6.86. The Morgan fingerprint density at radius 2 is 1.66 bits per heavy atom. The topological polar surface area (TPSA) is 123 Å². The van der Waals surface area contributed by atoms with Crippen LogP contribution in [0.2, 0.25) is 0 Å². The molecule has 0 fully saturated rings. The molecule has 1 aliphatic rings. The Labute approximate surface area is 203 Å². The lowest BCUT2D eigenvalue weighted by Crippen LogP contribution is -2.42. The summed E-state index contributed by atoms with van der Waals surface area (Å²) in [4.78, 5) is 36.6. The van der Waals surface area contributed by atoms with E-state index in [0.29, 0.717) is 6.42 Å². The largest absolute Gasteiger partial charge is 0.480 e. The fourth-order valence-corrected chi connectivity index (χ4v) is 4.40. The van der Waals surface area contributed by atoms with Crippen LogP contribution in [-0.2, 0) is 16.6 Å². The standard InChI is InChI=1S/C26H28N4O5/c1-15(2)12-21(25(32)33)27-24(31)22-13-23(29-30(22)3)28-26(34)35-14-20-18-10-6-4-8-16(18)17-9-5-7-11-19(17)20/h4-11,13,15,20-21H,12,14H2,1-3H3,(H,27,31)(H,32,33)(H,28,29,34)/t21-/m1/s1. The van der Waals surface area contributed by atoms with Crippen molar-refractivity contribution in [2.45, 2.75) is 32.2 Å². The first-order chi connectivity index (χ1) is 16.7. The van der Waals surface area contributed by atoms with E-state index in [1.54, 1.807) is 0 Å². The molecule has 1 atom stereocenters. The molecular weight excluding hydrogens is 448 g/mol. The van der Waals surface area contributed by atoms with Gasteiger partial charge in [0.2, 0.25) is 0 Å². The first kappa shape index (κ1) is 24.0. The molecular formula is C26H28N4O5. The van der Waals surface area contributed by atoms with Gasteiger partial charge in [-0.1, -0.05) is 62.4 Å². The third-order valence-corrected chi connectivity index (χ3v) is 6.00. The average molecular weight is 477 g/mol. The van der Waals surface area contributed by atoms with Crippen LogP contribution in [0.15, 0.2) is 54.6 Å². The summed E-state index contributed by atoms with van der Waals surface area (Å²) in [6.45, 7) is 3.90. The Bertz CT molecular complexity index is 1220. The van der Waals surface area contributed by atoms with Crippen LogP contribution in [0.4, 0.5) is 10.6 Å². The molecule has 0 bridgehead atoms. The van der Waals surface area contributed by atoms with Gasteiger partial charge in [0.15, 0.2) is 5.82 Å². The number of rotatable bonds is 8. The summed E-state index contributed by atoms with van der Waals surface area (Å²) in [7, 11) is 1.54. The normalized spacial score (nSPS) is 13.1. The van der Waals surface area contributed by atoms with Crippen molar-refractivity contribution >= 4 is 23.8 Å². The second kappa shape index (κ2) is 10.0. The highest BCUT2D eigenvalue weighted by molar-refractivity contribution is 5.96. The van der Waals surface area contributed by atoms with E-state index in [0.717, 1.165) is 22.3 Å². The number of ether oxygens (including phenoxy) is 1. The lowest BCUT2D eigenvalue weighted by Gasteiger charge is -2.16. The second-order valence-electron chi connectivity index (χ2n) is 8.98. The van der Waals surface area contributed by atoms with E-state index in [-0.39, 0.29) is 30.0 Å². The molecule has 0 saturated carbocycles. The summed E-state index contributed by atoms with van der Waals surface area (Å²) in [6, 6.07) is 16.5.